The molecule has 0 bridgehead atoms. The van der Waals surface area contributed by atoms with E-state index >= 15 is 0 Å². The van der Waals surface area contributed by atoms with E-state index in [0.29, 0.717) is 56.0 Å². The first kappa shape index (κ1) is 36.5. The molecular formula is C36H51N3O7. The van der Waals surface area contributed by atoms with Gasteiger partial charge in [0, 0.05) is 25.9 Å². The first-order chi connectivity index (χ1) is 22.2. The predicted octanol–water partition coefficient (Wildman–Crippen LogP) is 5.41. The fourth-order valence-electron chi connectivity index (χ4n) is 5.61. The summed E-state index contributed by atoms with van der Waals surface area (Å²) in [7, 11) is 1.34. The molecule has 0 spiro atoms. The van der Waals surface area contributed by atoms with E-state index in [2.05, 4.69) is 26.1 Å². The molecule has 0 aromatic heterocycles. The Morgan fingerprint density at radius 2 is 1.59 bits per heavy atom. The van der Waals surface area contributed by atoms with Gasteiger partial charge in [0.05, 0.1) is 31.7 Å². The first-order valence-corrected chi connectivity index (χ1v) is 16.5. The summed E-state index contributed by atoms with van der Waals surface area (Å²) in [6, 6.07) is 16.3. The lowest BCUT2D eigenvalue weighted by Gasteiger charge is -2.32. The van der Waals surface area contributed by atoms with Crippen molar-refractivity contribution in [2.45, 2.75) is 78.4 Å². The molecule has 2 fully saturated rings. The summed E-state index contributed by atoms with van der Waals surface area (Å²) in [5.74, 6) is 0.671. The molecule has 2 aromatic carbocycles. The van der Waals surface area contributed by atoms with E-state index in [9.17, 15) is 19.2 Å². The molecule has 10 heteroatoms. The average molecular weight is 638 g/mol. The molecule has 1 aliphatic heterocycles. The van der Waals surface area contributed by atoms with E-state index in [1.807, 2.05) is 30.3 Å². The molecule has 46 heavy (non-hydrogen) atoms. The largest absolute Gasteiger partial charge is 0.490 e. The number of nitrogens with zero attached hydrogens (tertiary/aromatic N) is 2. The molecule has 1 atom stereocenters. The molecule has 1 aliphatic carbocycles. The summed E-state index contributed by atoms with van der Waals surface area (Å²) in [4.78, 5) is 57.0. The van der Waals surface area contributed by atoms with Crippen molar-refractivity contribution in [1.82, 2.24) is 15.3 Å². The first-order valence-electron chi connectivity index (χ1n) is 16.5. The Morgan fingerprint density at radius 1 is 0.957 bits per heavy atom. The van der Waals surface area contributed by atoms with E-state index < -0.39 is 11.9 Å². The number of nitrogens with one attached hydrogen (secondary N) is 1. The maximum atomic E-state index is 13.3. The molecule has 252 valence electrons. The summed E-state index contributed by atoms with van der Waals surface area (Å²) >= 11 is 0. The van der Waals surface area contributed by atoms with Crippen molar-refractivity contribution in [3.63, 3.8) is 0 Å². The molecule has 10 nitrogen and oxygen atoms in total. The number of ether oxygens (including phenoxy) is 2. The zero-order chi connectivity index (χ0) is 33.3. The molecule has 4 rings (SSSR count). The minimum absolute atomic E-state index is 0.0476. The zero-order valence-electron chi connectivity index (χ0n) is 27.8. The lowest BCUT2D eigenvalue weighted by atomic mass is 9.92. The fraction of sp³-hybridized carbons (Fsp3) is 0.556. The third kappa shape index (κ3) is 12.8. The molecular weight excluding hydrogens is 586 g/mol. The number of hydrogen-bond donors (Lipinski definition) is 1. The Hall–Kier alpha value is -3.92. The second kappa shape index (κ2) is 19.6. The van der Waals surface area contributed by atoms with Crippen molar-refractivity contribution in [2.24, 2.45) is 17.8 Å². The predicted molar refractivity (Wildman–Crippen MR) is 176 cm³/mol. The topological polar surface area (TPSA) is 114 Å². The van der Waals surface area contributed by atoms with Crippen LogP contribution < -0.4 is 10.1 Å². The highest BCUT2D eigenvalue weighted by molar-refractivity contribution is 5.89. The van der Waals surface area contributed by atoms with Crippen LogP contribution in [0.5, 0.6) is 5.75 Å². The lowest BCUT2D eigenvalue weighted by molar-refractivity contribution is -0.182. The summed E-state index contributed by atoms with van der Waals surface area (Å²) < 4.78 is 10.8. The maximum Gasteiger partial charge on any atom is 0.337 e. The van der Waals surface area contributed by atoms with Crippen molar-refractivity contribution in [1.29, 1.82) is 0 Å². The summed E-state index contributed by atoms with van der Waals surface area (Å²) in [5.41, 5.74) is 1.38. The smallest absolute Gasteiger partial charge is 0.337 e. The van der Waals surface area contributed by atoms with Gasteiger partial charge in [0.1, 0.15) is 18.5 Å². The minimum atomic E-state index is -0.466. The highest BCUT2D eigenvalue weighted by atomic mass is 16.7. The standard InChI is InChI=1S/C32H41N3O7.C4H10/c1-40-32(39)26-11-13-28(14-12-26)42-29-15-17-34(18-16-29)30(37)20-33-31(38)27(19-24-7-5-6-8-24)21-35(23-36)41-22-25-9-3-2-4-10-25;1-4(2)3/h2-4,9-14,23-24,27,29H,5-8,15-22H2,1H3,(H,33,38);4H,1-3H3. The molecule has 3 amide bonds. The van der Waals surface area contributed by atoms with Crippen LogP contribution in [0.25, 0.3) is 0 Å². The van der Waals surface area contributed by atoms with Crippen molar-refractivity contribution < 1.29 is 33.5 Å². The Bertz CT molecular complexity index is 1210. The Balaban J connectivity index is 0.00000136. The van der Waals surface area contributed by atoms with Crippen LogP contribution in [0, 0.1) is 17.8 Å². The average Bonchev–Trinajstić information content (AvgIpc) is 3.58. The number of esters is 1. The van der Waals surface area contributed by atoms with E-state index in [1.54, 1.807) is 29.2 Å². The minimum Gasteiger partial charge on any atom is -0.490 e. The molecule has 1 heterocycles. The van der Waals surface area contributed by atoms with E-state index in [0.717, 1.165) is 37.2 Å². The molecule has 1 saturated carbocycles. The lowest BCUT2D eigenvalue weighted by Crippen LogP contribution is -2.47. The van der Waals surface area contributed by atoms with Crippen molar-refractivity contribution in [3.8, 4) is 5.75 Å². The molecule has 2 aromatic rings. The van der Waals surface area contributed by atoms with Gasteiger partial charge in [-0.25, -0.2) is 9.86 Å². The normalized spacial score (nSPS) is 15.8. The van der Waals surface area contributed by atoms with E-state index in [4.69, 9.17) is 14.3 Å². The van der Waals surface area contributed by atoms with Gasteiger partial charge in [0.25, 0.3) is 0 Å². The van der Waals surface area contributed by atoms with Crippen LogP contribution in [-0.2, 0) is 30.6 Å². The van der Waals surface area contributed by atoms with Gasteiger partial charge < -0.3 is 19.7 Å². The summed E-state index contributed by atoms with van der Waals surface area (Å²) in [6.45, 7) is 7.83. The Morgan fingerprint density at radius 3 is 2.17 bits per heavy atom. The summed E-state index contributed by atoms with van der Waals surface area (Å²) in [5, 5.41) is 4.03. The number of methoxy groups -OCH3 is 1. The number of likely N-dealkylation sites (tertiary alicyclic amines) is 1. The third-order valence-electron chi connectivity index (χ3n) is 8.01. The van der Waals surface area contributed by atoms with Crippen molar-refractivity contribution in [2.75, 3.05) is 33.3 Å². The van der Waals surface area contributed by atoms with Crippen LogP contribution >= 0.6 is 0 Å². The van der Waals surface area contributed by atoms with Gasteiger partial charge in [-0.2, -0.15) is 0 Å². The molecule has 1 saturated heterocycles. The fourth-order valence-corrected chi connectivity index (χ4v) is 5.61. The van der Waals surface area contributed by atoms with Gasteiger partial charge in [-0.15, -0.1) is 0 Å². The number of carbonyl (C=O) groups excluding carboxylic acids is 4. The number of piperidine rings is 1. The van der Waals surface area contributed by atoms with Crippen molar-refractivity contribution in [3.05, 3.63) is 65.7 Å². The Kier molecular flexibility index (Phi) is 15.5. The number of benzene rings is 2. The van der Waals surface area contributed by atoms with Crippen LogP contribution in [-0.4, -0.2) is 73.5 Å². The third-order valence-corrected chi connectivity index (χ3v) is 8.01. The van der Waals surface area contributed by atoms with Gasteiger partial charge >= 0.3 is 5.97 Å². The van der Waals surface area contributed by atoms with E-state index in [1.165, 1.54) is 12.2 Å². The second-order valence-electron chi connectivity index (χ2n) is 12.7. The van der Waals surface area contributed by atoms with Crippen LogP contribution in [0.3, 0.4) is 0 Å². The monoisotopic (exact) mass is 637 g/mol. The molecule has 0 radical (unpaired) electrons. The highest BCUT2D eigenvalue weighted by Gasteiger charge is 2.29. The van der Waals surface area contributed by atoms with Gasteiger partial charge in [-0.3, -0.25) is 19.2 Å². The van der Waals surface area contributed by atoms with Crippen LogP contribution in [0.15, 0.2) is 54.6 Å². The van der Waals surface area contributed by atoms with Crippen molar-refractivity contribution >= 4 is 24.2 Å². The molecule has 2 aliphatic rings. The van der Waals surface area contributed by atoms with Gasteiger partial charge in [0.15, 0.2) is 0 Å². The summed E-state index contributed by atoms with van der Waals surface area (Å²) in [6.07, 6.45) is 6.99. The number of carbonyl (C=O) groups is 4. The number of hydroxylamine groups is 2. The zero-order valence-corrected chi connectivity index (χ0v) is 27.8. The van der Waals surface area contributed by atoms with Gasteiger partial charge in [-0.1, -0.05) is 76.8 Å². The van der Waals surface area contributed by atoms with Gasteiger partial charge in [0.2, 0.25) is 18.2 Å². The van der Waals surface area contributed by atoms with Crippen LogP contribution in [0.1, 0.15) is 81.6 Å². The van der Waals surface area contributed by atoms with Crippen LogP contribution in [0.2, 0.25) is 0 Å². The quantitative estimate of drug-likeness (QED) is 0.167. The SMILES string of the molecule is CC(C)C.COC(=O)c1ccc(OC2CCN(C(=O)CNC(=O)C(CC3CCCC3)CN(C=O)OCc3ccccc3)CC2)cc1. The van der Waals surface area contributed by atoms with E-state index in [-0.39, 0.29) is 37.6 Å². The second-order valence-corrected chi connectivity index (χ2v) is 12.7. The molecule has 1 unspecified atom stereocenters. The highest BCUT2D eigenvalue weighted by Crippen LogP contribution is 2.31. The number of rotatable bonds is 14. The Labute approximate surface area is 273 Å². The maximum absolute atomic E-state index is 13.3. The number of hydrogen-bond acceptors (Lipinski definition) is 7. The molecule has 1 N–H and O–H groups in total. The number of amides is 3. The van der Waals surface area contributed by atoms with Gasteiger partial charge in [-0.05, 0) is 48.1 Å². The van der Waals surface area contributed by atoms with Crippen LogP contribution in [0.4, 0.5) is 0 Å².